The summed E-state index contributed by atoms with van der Waals surface area (Å²) in [6.45, 7) is 6.91. The molecule has 1 aromatic carbocycles. The first-order valence-electron chi connectivity index (χ1n) is 15.6. The third kappa shape index (κ3) is 4.26. The molecule has 0 amide bonds. The smallest absolute Gasteiger partial charge is 0.223 e. The number of nitrogens with zero attached hydrogens (tertiary/aromatic N) is 1. The Kier molecular flexibility index (Phi) is 7.85. The number of aliphatic hydroxyl groups excluding tert-OH is 1. The minimum Gasteiger partial charge on any atom is -0.390 e. The maximum atomic E-state index is 17.6. The largest absolute Gasteiger partial charge is 0.390 e. The van der Waals surface area contributed by atoms with Crippen LogP contribution in [0.5, 0.6) is 0 Å². The van der Waals surface area contributed by atoms with Gasteiger partial charge in [0.2, 0.25) is 5.12 Å². The lowest BCUT2D eigenvalue weighted by Crippen LogP contribution is -2.70. The van der Waals surface area contributed by atoms with Gasteiger partial charge in [-0.05, 0) is 74.7 Å². The number of carbonyl (C=O) groups is 2. The van der Waals surface area contributed by atoms with E-state index in [1.54, 1.807) is 6.92 Å². The molecule has 0 unspecified atom stereocenters. The fourth-order valence-electron chi connectivity index (χ4n) is 9.32. The molecule has 4 aliphatic carbocycles. The van der Waals surface area contributed by atoms with Gasteiger partial charge in [-0.25, -0.2) is 8.78 Å². The number of unbranched alkanes of at least 4 members (excludes halogenated alkanes) is 1. The summed E-state index contributed by atoms with van der Waals surface area (Å²) in [5.74, 6) is -1.01. The number of fused-ring (bicyclic) bond motifs is 7. The van der Waals surface area contributed by atoms with Crippen LogP contribution in [-0.2, 0) is 20.8 Å². The van der Waals surface area contributed by atoms with Crippen molar-refractivity contribution >= 4 is 22.7 Å². The third-order valence-corrected chi connectivity index (χ3v) is 12.5. The van der Waals surface area contributed by atoms with Crippen molar-refractivity contribution in [2.75, 3.05) is 18.8 Å². The number of carbonyl (C=O) groups excluding carboxylic acids is 2. The van der Waals surface area contributed by atoms with Crippen LogP contribution in [0, 0.1) is 28.6 Å². The second kappa shape index (κ2) is 10.9. The Morgan fingerprint density at radius 2 is 1.93 bits per heavy atom. The molecule has 0 spiro atoms. The molecular formula is C34H43F2NO4S. The van der Waals surface area contributed by atoms with Crippen molar-refractivity contribution in [3.05, 3.63) is 59.7 Å². The van der Waals surface area contributed by atoms with Crippen molar-refractivity contribution in [1.82, 2.24) is 5.06 Å². The fraction of sp³-hybridized carbons (Fsp3) is 0.647. The van der Waals surface area contributed by atoms with Crippen molar-refractivity contribution in [3.8, 4) is 0 Å². The lowest BCUT2D eigenvalue weighted by atomic mass is 9.44. The molecule has 0 aromatic heterocycles. The highest BCUT2D eigenvalue weighted by Gasteiger charge is 2.79. The number of thioether (sulfide) groups is 1. The number of hydrogen-bond acceptors (Lipinski definition) is 6. The van der Waals surface area contributed by atoms with E-state index in [1.165, 1.54) is 35.6 Å². The third-order valence-electron chi connectivity index (χ3n) is 11.4. The monoisotopic (exact) mass is 599 g/mol. The number of hydrogen-bond donors (Lipinski definition) is 1. The van der Waals surface area contributed by atoms with Crippen LogP contribution in [-0.4, -0.2) is 63.5 Å². The van der Waals surface area contributed by atoms with E-state index >= 15 is 8.78 Å². The normalized spacial score (nSPS) is 42.5. The van der Waals surface area contributed by atoms with Crippen LogP contribution in [0.4, 0.5) is 8.78 Å². The van der Waals surface area contributed by atoms with Crippen LogP contribution in [0.2, 0.25) is 0 Å². The summed E-state index contributed by atoms with van der Waals surface area (Å²) in [6.07, 6.45) is 5.16. The van der Waals surface area contributed by atoms with E-state index in [1.807, 2.05) is 30.2 Å². The first-order valence-corrected chi connectivity index (χ1v) is 16.6. The van der Waals surface area contributed by atoms with Gasteiger partial charge in [0.25, 0.3) is 0 Å². The molecule has 4 fully saturated rings. The molecule has 228 valence electrons. The number of aryl methyl sites for hydroxylation is 1. The molecule has 9 atom stereocenters. The Hall–Kier alpha value is -1.87. The molecule has 1 saturated heterocycles. The van der Waals surface area contributed by atoms with Gasteiger partial charge < -0.3 is 5.11 Å². The maximum Gasteiger partial charge on any atom is 0.223 e. The second-order valence-electron chi connectivity index (χ2n) is 13.6. The summed E-state index contributed by atoms with van der Waals surface area (Å²) in [6, 6.07) is 10.3. The van der Waals surface area contributed by atoms with Crippen LogP contribution < -0.4 is 0 Å². The van der Waals surface area contributed by atoms with Crippen LogP contribution >= 0.6 is 11.8 Å². The molecule has 1 N–H and O–H groups in total. The summed E-state index contributed by atoms with van der Waals surface area (Å²) < 4.78 is 33.5. The van der Waals surface area contributed by atoms with Crippen LogP contribution in [0.1, 0.15) is 64.9 Å². The Morgan fingerprint density at radius 1 is 1.17 bits per heavy atom. The van der Waals surface area contributed by atoms with E-state index < -0.39 is 40.3 Å². The summed E-state index contributed by atoms with van der Waals surface area (Å²) in [5, 5.41) is 13.6. The molecule has 42 heavy (non-hydrogen) atoms. The quantitative estimate of drug-likeness (QED) is 0.359. The Bertz CT molecular complexity index is 1290. The van der Waals surface area contributed by atoms with Gasteiger partial charge in [-0.1, -0.05) is 68.4 Å². The minimum absolute atomic E-state index is 0.0424. The predicted octanol–water partition coefficient (Wildman–Crippen LogP) is 6.21. The molecule has 1 heterocycles. The summed E-state index contributed by atoms with van der Waals surface area (Å²) in [4.78, 5) is 33.2. The van der Waals surface area contributed by atoms with Gasteiger partial charge in [0.15, 0.2) is 17.1 Å². The molecule has 6 rings (SSSR count). The SMILES string of the molecule is CCCCSC(=O)[C@@]12ON(CCCc3ccccc3)C[C@@H]1C[C@H]1[C@@H]3C[C@H](F)C4=CC(=O)C=C[C@]4(C)[C@@]3(F)[C@@H](O)C[C@@]12C. The van der Waals surface area contributed by atoms with Gasteiger partial charge in [0.1, 0.15) is 6.17 Å². The predicted molar refractivity (Wildman–Crippen MR) is 160 cm³/mol. The number of rotatable bonds is 8. The molecular weight excluding hydrogens is 556 g/mol. The van der Waals surface area contributed by atoms with Crippen molar-refractivity contribution in [2.45, 2.75) is 89.3 Å². The topological polar surface area (TPSA) is 66.8 Å². The zero-order chi connectivity index (χ0) is 29.9. The number of benzene rings is 1. The molecule has 1 aliphatic heterocycles. The molecule has 8 heteroatoms. The lowest BCUT2D eigenvalue weighted by Gasteiger charge is -2.63. The molecule has 0 bridgehead atoms. The highest BCUT2D eigenvalue weighted by Crippen LogP contribution is 2.73. The van der Waals surface area contributed by atoms with E-state index in [2.05, 4.69) is 19.1 Å². The molecule has 5 aliphatic rings. The van der Waals surface area contributed by atoms with Gasteiger partial charge in [0, 0.05) is 41.5 Å². The summed E-state index contributed by atoms with van der Waals surface area (Å²) in [5.41, 5.74) is -4.29. The average molecular weight is 600 g/mol. The molecule has 5 nitrogen and oxygen atoms in total. The molecule has 3 saturated carbocycles. The molecule has 1 aromatic rings. The van der Waals surface area contributed by atoms with E-state index in [9.17, 15) is 14.7 Å². The number of alkyl halides is 2. The Morgan fingerprint density at radius 3 is 2.67 bits per heavy atom. The maximum absolute atomic E-state index is 17.6. The number of aliphatic hydroxyl groups is 1. The van der Waals surface area contributed by atoms with E-state index in [0.29, 0.717) is 25.3 Å². The lowest BCUT2D eigenvalue weighted by molar-refractivity contribution is -0.263. The van der Waals surface area contributed by atoms with E-state index in [-0.39, 0.29) is 41.1 Å². The minimum atomic E-state index is -2.16. The first-order chi connectivity index (χ1) is 20.0. The highest BCUT2D eigenvalue weighted by molar-refractivity contribution is 8.13. The number of allylic oxidation sites excluding steroid dienone is 4. The first kappa shape index (κ1) is 30.2. The van der Waals surface area contributed by atoms with Crippen LogP contribution in [0.3, 0.4) is 0 Å². The number of halogens is 2. The van der Waals surface area contributed by atoms with Gasteiger partial charge >= 0.3 is 0 Å². The zero-order valence-corrected chi connectivity index (χ0v) is 25.7. The van der Waals surface area contributed by atoms with Crippen LogP contribution in [0.25, 0.3) is 0 Å². The average Bonchev–Trinajstić information content (AvgIpc) is 3.44. The van der Waals surface area contributed by atoms with Gasteiger partial charge in [-0.15, -0.1) is 0 Å². The summed E-state index contributed by atoms with van der Waals surface area (Å²) >= 11 is 1.29. The Labute approximate surface area is 252 Å². The highest BCUT2D eigenvalue weighted by atomic mass is 32.2. The second-order valence-corrected chi connectivity index (χ2v) is 14.7. The van der Waals surface area contributed by atoms with Gasteiger partial charge in [-0.2, -0.15) is 5.06 Å². The van der Waals surface area contributed by atoms with Gasteiger partial charge in [0.05, 0.1) is 6.10 Å². The Balaban J connectivity index is 1.32. The van der Waals surface area contributed by atoms with Crippen LogP contribution in [0.15, 0.2) is 54.1 Å². The van der Waals surface area contributed by atoms with E-state index in [0.717, 1.165) is 25.7 Å². The zero-order valence-electron chi connectivity index (χ0n) is 24.9. The number of hydroxylamine groups is 2. The fourth-order valence-corrected chi connectivity index (χ4v) is 10.6. The molecule has 0 radical (unpaired) electrons. The standard InChI is InChI=1S/C34H43F2NO4S/c1-4-5-16-42-30(40)34-23(21-37(41-34)15-9-12-22-10-7-6-8-11-22)17-25-26-19-28(35)27-18-24(38)13-14-31(27,2)33(26,36)29(39)20-32(25,34)3/h6-8,10-11,13-14,18,23,25-26,28-29,39H,4-5,9,12,15-17,19-21H2,1-3H3/t23-,25-,26-,28-,29-,31-,32-,33-,34-/m0/s1. The van der Waals surface area contributed by atoms with Crippen molar-refractivity contribution in [3.63, 3.8) is 0 Å². The van der Waals surface area contributed by atoms with Crippen molar-refractivity contribution in [1.29, 1.82) is 0 Å². The summed E-state index contributed by atoms with van der Waals surface area (Å²) in [7, 11) is 0. The van der Waals surface area contributed by atoms with Crippen molar-refractivity contribution < 1.29 is 28.3 Å². The number of ketones is 1. The van der Waals surface area contributed by atoms with Gasteiger partial charge in [-0.3, -0.25) is 14.4 Å². The van der Waals surface area contributed by atoms with Crippen molar-refractivity contribution in [2.24, 2.45) is 28.6 Å². The van der Waals surface area contributed by atoms with E-state index in [4.69, 9.17) is 4.84 Å².